The maximum atomic E-state index is 5.77. The zero-order valence-corrected chi connectivity index (χ0v) is 13.7. The predicted molar refractivity (Wildman–Crippen MR) is 92.4 cm³/mol. The predicted octanol–water partition coefficient (Wildman–Crippen LogP) is 3.74. The van der Waals surface area contributed by atoms with Crippen molar-refractivity contribution >= 4 is 27.6 Å². The molecule has 6 heteroatoms. The van der Waals surface area contributed by atoms with Gasteiger partial charge in [0.05, 0.1) is 6.54 Å². The Morgan fingerprint density at radius 3 is 2.77 bits per heavy atom. The molecule has 0 aliphatic heterocycles. The van der Waals surface area contributed by atoms with E-state index >= 15 is 0 Å². The fourth-order valence-electron chi connectivity index (χ4n) is 2.34. The van der Waals surface area contributed by atoms with Gasteiger partial charge in [-0.05, 0) is 34.5 Å². The van der Waals surface area contributed by atoms with Crippen LogP contribution in [0.2, 0.25) is 0 Å². The topological polar surface area (TPSA) is 79.6 Å². The van der Waals surface area contributed by atoms with Crippen LogP contribution >= 0.6 is 15.9 Å². The van der Waals surface area contributed by atoms with E-state index in [0.29, 0.717) is 22.7 Å². The second kappa shape index (κ2) is 6.19. The SMILES string of the molecule is Cc1cc(-c2ccccc2)c(CNc2ncnc(N)c2Br)[nH]1. The van der Waals surface area contributed by atoms with Crippen LogP contribution in [0.3, 0.4) is 0 Å². The first-order chi connectivity index (χ1) is 10.6. The van der Waals surface area contributed by atoms with Crippen molar-refractivity contribution in [3.63, 3.8) is 0 Å². The maximum Gasteiger partial charge on any atom is 0.146 e. The first kappa shape index (κ1) is 14.6. The maximum absolute atomic E-state index is 5.77. The number of hydrogen-bond acceptors (Lipinski definition) is 4. The summed E-state index contributed by atoms with van der Waals surface area (Å²) in [6.07, 6.45) is 1.44. The zero-order chi connectivity index (χ0) is 15.5. The Hall–Kier alpha value is -2.34. The van der Waals surface area contributed by atoms with Gasteiger partial charge < -0.3 is 16.0 Å². The van der Waals surface area contributed by atoms with Crippen LogP contribution in [-0.2, 0) is 6.54 Å². The van der Waals surface area contributed by atoms with E-state index in [2.05, 4.69) is 61.3 Å². The molecule has 0 saturated carbocycles. The van der Waals surface area contributed by atoms with Crippen LogP contribution in [0.4, 0.5) is 11.6 Å². The number of nitrogen functional groups attached to an aromatic ring is 1. The molecule has 4 N–H and O–H groups in total. The molecule has 0 bridgehead atoms. The first-order valence-corrected chi connectivity index (χ1v) is 7.68. The molecule has 2 heterocycles. The van der Waals surface area contributed by atoms with Gasteiger partial charge in [0, 0.05) is 17.0 Å². The minimum Gasteiger partial charge on any atom is -0.383 e. The molecule has 112 valence electrons. The number of rotatable bonds is 4. The lowest BCUT2D eigenvalue weighted by Crippen LogP contribution is -2.05. The fraction of sp³-hybridized carbons (Fsp3) is 0.125. The number of nitrogens with two attached hydrogens (primary N) is 1. The Morgan fingerprint density at radius 2 is 2.00 bits per heavy atom. The average molecular weight is 358 g/mol. The third-order valence-electron chi connectivity index (χ3n) is 3.37. The molecule has 3 aromatic rings. The summed E-state index contributed by atoms with van der Waals surface area (Å²) in [5, 5.41) is 3.28. The number of benzene rings is 1. The lowest BCUT2D eigenvalue weighted by atomic mass is 10.1. The molecule has 0 radical (unpaired) electrons. The van der Waals surface area contributed by atoms with Gasteiger partial charge in [0.1, 0.15) is 22.4 Å². The third kappa shape index (κ3) is 2.96. The van der Waals surface area contributed by atoms with E-state index in [9.17, 15) is 0 Å². The minimum absolute atomic E-state index is 0.420. The van der Waals surface area contributed by atoms with Crippen molar-refractivity contribution in [2.45, 2.75) is 13.5 Å². The van der Waals surface area contributed by atoms with Gasteiger partial charge in [-0.15, -0.1) is 0 Å². The molecule has 0 amide bonds. The summed E-state index contributed by atoms with van der Waals surface area (Å²) in [4.78, 5) is 11.5. The van der Waals surface area contributed by atoms with Crippen LogP contribution < -0.4 is 11.1 Å². The van der Waals surface area contributed by atoms with Gasteiger partial charge in [0.25, 0.3) is 0 Å². The number of nitrogens with zero attached hydrogens (tertiary/aromatic N) is 2. The molecule has 0 fully saturated rings. The van der Waals surface area contributed by atoms with E-state index in [-0.39, 0.29) is 0 Å². The zero-order valence-electron chi connectivity index (χ0n) is 12.1. The van der Waals surface area contributed by atoms with E-state index in [0.717, 1.165) is 11.4 Å². The quantitative estimate of drug-likeness (QED) is 0.664. The molecular weight excluding hydrogens is 342 g/mol. The highest BCUT2D eigenvalue weighted by molar-refractivity contribution is 9.10. The Morgan fingerprint density at radius 1 is 1.23 bits per heavy atom. The van der Waals surface area contributed by atoms with Crippen LogP contribution in [0.25, 0.3) is 11.1 Å². The second-order valence-corrected chi connectivity index (χ2v) is 5.78. The number of H-pyrrole nitrogens is 1. The molecule has 0 atom stereocenters. The number of anilines is 2. The van der Waals surface area contributed by atoms with Crippen LogP contribution in [-0.4, -0.2) is 15.0 Å². The highest BCUT2D eigenvalue weighted by Gasteiger charge is 2.10. The molecule has 0 aliphatic rings. The third-order valence-corrected chi connectivity index (χ3v) is 4.15. The van der Waals surface area contributed by atoms with Crippen molar-refractivity contribution in [2.24, 2.45) is 0 Å². The molecule has 0 unspecified atom stereocenters. The summed E-state index contributed by atoms with van der Waals surface area (Å²) >= 11 is 3.40. The molecule has 5 nitrogen and oxygen atoms in total. The number of halogens is 1. The Labute approximate surface area is 137 Å². The lowest BCUT2D eigenvalue weighted by Gasteiger charge is -2.09. The van der Waals surface area contributed by atoms with Crippen molar-refractivity contribution in [1.82, 2.24) is 15.0 Å². The van der Waals surface area contributed by atoms with Crippen LogP contribution in [0.5, 0.6) is 0 Å². The van der Waals surface area contributed by atoms with Crippen molar-refractivity contribution in [3.8, 4) is 11.1 Å². The Bertz CT molecular complexity index is 782. The highest BCUT2D eigenvalue weighted by atomic mass is 79.9. The Balaban J connectivity index is 1.86. The number of hydrogen-bond donors (Lipinski definition) is 3. The number of aromatic amines is 1. The van der Waals surface area contributed by atoms with Gasteiger partial charge in [-0.3, -0.25) is 0 Å². The monoisotopic (exact) mass is 357 g/mol. The number of aromatic nitrogens is 3. The van der Waals surface area contributed by atoms with Gasteiger partial charge in [0.2, 0.25) is 0 Å². The normalized spacial score (nSPS) is 10.6. The summed E-state index contributed by atoms with van der Waals surface area (Å²) in [5.41, 5.74) is 10.4. The smallest absolute Gasteiger partial charge is 0.146 e. The number of nitrogens with one attached hydrogen (secondary N) is 2. The van der Waals surface area contributed by atoms with Crippen molar-refractivity contribution in [3.05, 3.63) is 58.6 Å². The largest absolute Gasteiger partial charge is 0.383 e. The second-order valence-electron chi connectivity index (χ2n) is 4.99. The fourth-order valence-corrected chi connectivity index (χ4v) is 2.68. The van der Waals surface area contributed by atoms with Crippen LogP contribution in [0.1, 0.15) is 11.4 Å². The number of aryl methyl sites for hydroxylation is 1. The van der Waals surface area contributed by atoms with E-state index in [1.54, 1.807) is 0 Å². The van der Waals surface area contributed by atoms with Gasteiger partial charge in [-0.25, -0.2) is 9.97 Å². The molecule has 0 aliphatic carbocycles. The summed E-state index contributed by atoms with van der Waals surface area (Å²) in [7, 11) is 0. The van der Waals surface area contributed by atoms with Crippen molar-refractivity contribution in [2.75, 3.05) is 11.1 Å². The van der Waals surface area contributed by atoms with Crippen molar-refractivity contribution < 1.29 is 0 Å². The first-order valence-electron chi connectivity index (χ1n) is 6.89. The standard InChI is InChI=1S/C16H16BrN5/c1-10-7-12(11-5-3-2-4-6-11)13(22-10)8-19-16-14(17)15(18)20-9-21-16/h2-7,9,22H,8H2,1H3,(H3,18,19,20,21). The highest BCUT2D eigenvalue weighted by Crippen LogP contribution is 2.27. The van der Waals surface area contributed by atoms with Gasteiger partial charge in [0.15, 0.2) is 0 Å². The molecule has 3 rings (SSSR count). The molecule has 1 aromatic carbocycles. The lowest BCUT2D eigenvalue weighted by molar-refractivity contribution is 1.02. The van der Waals surface area contributed by atoms with E-state index in [1.165, 1.54) is 17.5 Å². The van der Waals surface area contributed by atoms with Crippen LogP contribution in [0, 0.1) is 6.92 Å². The molecule has 0 saturated heterocycles. The average Bonchev–Trinajstić information content (AvgIpc) is 2.91. The summed E-state index contributed by atoms with van der Waals surface area (Å²) in [5.74, 6) is 1.10. The van der Waals surface area contributed by atoms with E-state index in [1.807, 2.05) is 18.2 Å². The molecular formula is C16H16BrN5. The van der Waals surface area contributed by atoms with Gasteiger partial charge in [-0.2, -0.15) is 0 Å². The van der Waals surface area contributed by atoms with E-state index < -0.39 is 0 Å². The summed E-state index contributed by atoms with van der Waals surface area (Å²) in [6.45, 7) is 2.67. The van der Waals surface area contributed by atoms with Crippen molar-refractivity contribution in [1.29, 1.82) is 0 Å². The summed E-state index contributed by atoms with van der Waals surface area (Å²) < 4.78 is 0.680. The van der Waals surface area contributed by atoms with Crippen LogP contribution in [0.15, 0.2) is 47.2 Å². The van der Waals surface area contributed by atoms with Gasteiger partial charge >= 0.3 is 0 Å². The van der Waals surface area contributed by atoms with Gasteiger partial charge in [-0.1, -0.05) is 30.3 Å². The summed E-state index contributed by atoms with van der Waals surface area (Å²) in [6, 6.07) is 12.4. The Kier molecular flexibility index (Phi) is 4.11. The van der Waals surface area contributed by atoms with E-state index in [4.69, 9.17) is 5.73 Å². The molecule has 22 heavy (non-hydrogen) atoms. The molecule has 0 spiro atoms. The molecule has 2 aromatic heterocycles. The minimum atomic E-state index is 0.420.